The quantitative estimate of drug-likeness (QED) is 0.201. The Bertz CT molecular complexity index is 234. The van der Waals surface area contributed by atoms with Crippen LogP contribution in [-0.4, -0.2) is 0 Å². The number of hydrogen-bond acceptors (Lipinski definition) is 0. The van der Waals surface area contributed by atoms with Crippen LogP contribution in [-0.2, 0) is 0 Å². The van der Waals surface area contributed by atoms with Gasteiger partial charge in [-0.15, -0.1) is 5.73 Å². The lowest BCUT2D eigenvalue weighted by atomic mass is 9.96. The van der Waals surface area contributed by atoms with E-state index < -0.39 is 0 Å². The third-order valence-corrected chi connectivity index (χ3v) is 4.49. The van der Waals surface area contributed by atoms with Crippen LogP contribution in [0.15, 0.2) is 18.4 Å². The van der Waals surface area contributed by atoms with Crippen molar-refractivity contribution in [1.29, 1.82) is 0 Å². The van der Waals surface area contributed by atoms with Crippen molar-refractivity contribution >= 4 is 0 Å². The molecule has 0 radical (unpaired) electrons. The highest BCUT2D eigenvalue weighted by molar-refractivity contribution is 4.75. The van der Waals surface area contributed by atoms with E-state index in [1.807, 2.05) is 0 Å². The maximum absolute atomic E-state index is 3.60. The molecule has 0 spiro atoms. The second kappa shape index (κ2) is 17.6. The van der Waals surface area contributed by atoms with Crippen molar-refractivity contribution in [3.05, 3.63) is 18.4 Å². The molecule has 0 nitrogen and oxygen atoms in total. The zero-order valence-corrected chi connectivity index (χ0v) is 15.0. The number of hydrogen-bond donors (Lipinski definition) is 0. The highest BCUT2D eigenvalue weighted by atomic mass is 14.1. The Labute approximate surface area is 135 Å². The summed E-state index contributed by atoms with van der Waals surface area (Å²) >= 11 is 0. The molecule has 1 atom stereocenters. The van der Waals surface area contributed by atoms with Crippen LogP contribution in [0.1, 0.15) is 110 Å². The normalized spacial score (nSPS) is 12.1. The van der Waals surface area contributed by atoms with E-state index in [1.165, 1.54) is 89.9 Å². The molecule has 0 N–H and O–H groups in total. The molecule has 0 heteroatoms. The summed E-state index contributed by atoms with van der Waals surface area (Å²) in [6.45, 7) is 8.32. The van der Waals surface area contributed by atoms with Crippen molar-refractivity contribution in [2.24, 2.45) is 5.92 Å². The summed E-state index contributed by atoms with van der Waals surface area (Å²) in [5, 5.41) is 0. The number of unbranched alkanes of at least 4 members (excludes halogenated alkanes) is 11. The molecule has 0 heterocycles. The van der Waals surface area contributed by atoms with Crippen LogP contribution in [0.3, 0.4) is 0 Å². The van der Waals surface area contributed by atoms with E-state index in [1.54, 1.807) is 0 Å². The Morgan fingerprint density at radius 2 is 1.24 bits per heavy atom. The minimum Gasteiger partial charge on any atom is -0.133 e. The summed E-state index contributed by atoms with van der Waals surface area (Å²) < 4.78 is 0. The third kappa shape index (κ3) is 17.5. The zero-order valence-electron chi connectivity index (χ0n) is 15.0. The SMILES string of the molecule is C=C=CCCCCC(C)CCCCCCCCCCCC. The summed E-state index contributed by atoms with van der Waals surface area (Å²) in [6, 6.07) is 0. The lowest BCUT2D eigenvalue weighted by Crippen LogP contribution is -1.95. The molecule has 0 aliphatic rings. The lowest BCUT2D eigenvalue weighted by molar-refractivity contribution is 0.437. The molecule has 0 rings (SSSR count). The summed E-state index contributed by atoms with van der Waals surface area (Å²) in [5.41, 5.74) is 2.85. The molecule has 0 amide bonds. The van der Waals surface area contributed by atoms with Gasteiger partial charge in [-0.05, 0) is 24.8 Å². The average Bonchev–Trinajstić information content (AvgIpc) is 2.49. The van der Waals surface area contributed by atoms with Gasteiger partial charge in [0.15, 0.2) is 0 Å². The van der Waals surface area contributed by atoms with Gasteiger partial charge in [0, 0.05) is 0 Å². The Morgan fingerprint density at radius 1 is 0.762 bits per heavy atom. The highest BCUT2D eigenvalue weighted by Crippen LogP contribution is 2.18. The van der Waals surface area contributed by atoms with E-state index in [4.69, 9.17) is 0 Å². The maximum atomic E-state index is 3.60. The largest absolute Gasteiger partial charge is 0.133 e. The standard InChI is InChI=1S/C21H40/c1-4-6-8-10-11-12-13-14-16-18-20-21(3)19-17-15-9-7-5-2/h7,21H,2,4,6,8-20H2,1,3H3. The molecule has 0 bridgehead atoms. The van der Waals surface area contributed by atoms with Gasteiger partial charge in [-0.1, -0.05) is 104 Å². The fraction of sp³-hybridized carbons (Fsp3) is 0.857. The Hall–Kier alpha value is -0.480. The molecule has 0 aromatic heterocycles. The van der Waals surface area contributed by atoms with Crippen molar-refractivity contribution in [1.82, 2.24) is 0 Å². The van der Waals surface area contributed by atoms with Gasteiger partial charge >= 0.3 is 0 Å². The molecule has 0 saturated heterocycles. The van der Waals surface area contributed by atoms with Gasteiger partial charge in [0.25, 0.3) is 0 Å². The van der Waals surface area contributed by atoms with Crippen molar-refractivity contribution in [2.45, 2.75) is 110 Å². The molecule has 0 fully saturated rings. The molecule has 0 aliphatic carbocycles. The Balaban J connectivity index is 3.14. The molecule has 0 saturated carbocycles. The van der Waals surface area contributed by atoms with E-state index in [-0.39, 0.29) is 0 Å². The predicted molar refractivity (Wildman–Crippen MR) is 97.8 cm³/mol. The van der Waals surface area contributed by atoms with E-state index in [0.29, 0.717) is 0 Å². The Kier molecular flexibility index (Phi) is 17.2. The maximum Gasteiger partial charge on any atom is -0.0275 e. The number of rotatable bonds is 16. The van der Waals surface area contributed by atoms with Crippen LogP contribution >= 0.6 is 0 Å². The molecule has 0 aliphatic heterocycles. The molecular formula is C21H40. The number of allylic oxidation sites excluding steroid dienone is 1. The van der Waals surface area contributed by atoms with Gasteiger partial charge in [0.2, 0.25) is 0 Å². The van der Waals surface area contributed by atoms with E-state index in [2.05, 4.69) is 32.2 Å². The molecule has 21 heavy (non-hydrogen) atoms. The van der Waals surface area contributed by atoms with Crippen molar-refractivity contribution < 1.29 is 0 Å². The summed E-state index contributed by atoms with van der Waals surface area (Å²) in [7, 11) is 0. The summed E-state index contributed by atoms with van der Waals surface area (Å²) in [6.07, 6.45) is 23.2. The minimum atomic E-state index is 0.923. The zero-order chi connectivity index (χ0) is 15.6. The summed E-state index contributed by atoms with van der Waals surface area (Å²) in [4.78, 5) is 0. The van der Waals surface area contributed by atoms with Gasteiger partial charge in [-0.3, -0.25) is 0 Å². The molecular weight excluding hydrogens is 252 g/mol. The molecule has 0 aromatic carbocycles. The van der Waals surface area contributed by atoms with Crippen LogP contribution in [0, 0.1) is 5.92 Å². The van der Waals surface area contributed by atoms with Crippen LogP contribution in [0.25, 0.3) is 0 Å². The van der Waals surface area contributed by atoms with Crippen molar-refractivity contribution in [3.8, 4) is 0 Å². The first-order valence-corrected chi connectivity index (χ1v) is 9.65. The molecule has 124 valence electrons. The second-order valence-electron chi connectivity index (χ2n) is 6.77. The first kappa shape index (κ1) is 20.5. The first-order valence-electron chi connectivity index (χ1n) is 9.65. The fourth-order valence-electron chi connectivity index (χ4n) is 2.97. The van der Waals surface area contributed by atoms with E-state index >= 15 is 0 Å². The third-order valence-electron chi connectivity index (χ3n) is 4.49. The van der Waals surface area contributed by atoms with Crippen LogP contribution in [0.2, 0.25) is 0 Å². The van der Waals surface area contributed by atoms with Gasteiger partial charge in [-0.25, -0.2) is 0 Å². The predicted octanol–water partition coefficient (Wildman–Crippen LogP) is 7.84. The highest BCUT2D eigenvalue weighted by Gasteiger charge is 2.01. The first-order chi connectivity index (χ1) is 10.3. The van der Waals surface area contributed by atoms with E-state index in [0.717, 1.165) is 12.3 Å². The Morgan fingerprint density at radius 3 is 1.76 bits per heavy atom. The van der Waals surface area contributed by atoms with Crippen molar-refractivity contribution in [3.63, 3.8) is 0 Å². The fourth-order valence-corrected chi connectivity index (χ4v) is 2.97. The minimum absolute atomic E-state index is 0.923. The van der Waals surface area contributed by atoms with Crippen molar-refractivity contribution in [2.75, 3.05) is 0 Å². The van der Waals surface area contributed by atoms with Gasteiger partial charge in [0.05, 0.1) is 0 Å². The van der Waals surface area contributed by atoms with Crippen LogP contribution in [0.5, 0.6) is 0 Å². The molecule has 0 aromatic rings. The average molecular weight is 293 g/mol. The van der Waals surface area contributed by atoms with Crippen LogP contribution in [0.4, 0.5) is 0 Å². The van der Waals surface area contributed by atoms with Gasteiger partial charge < -0.3 is 0 Å². The topological polar surface area (TPSA) is 0 Å². The van der Waals surface area contributed by atoms with Gasteiger partial charge in [0.1, 0.15) is 0 Å². The molecule has 1 unspecified atom stereocenters. The smallest absolute Gasteiger partial charge is 0.0275 e. The van der Waals surface area contributed by atoms with E-state index in [9.17, 15) is 0 Å². The summed E-state index contributed by atoms with van der Waals surface area (Å²) in [5.74, 6) is 0.923. The van der Waals surface area contributed by atoms with Crippen LogP contribution < -0.4 is 0 Å². The second-order valence-corrected chi connectivity index (χ2v) is 6.77. The van der Waals surface area contributed by atoms with Gasteiger partial charge in [-0.2, -0.15) is 0 Å². The lowest BCUT2D eigenvalue weighted by Gasteiger charge is -2.10. The monoisotopic (exact) mass is 292 g/mol.